The van der Waals surface area contributed by atoms with E-state index < -0.39 is 0 Å². The second-order valence-corrected chi connectivity index (χ2v) is 4.60. The highest BCUT2D eigenvalue weighted by Gasteiger charge is 2.09. The van der Waals surface area contributed by atoms with Crippen molar-refractivity contribution < 1.29 is 9.18 Å². The predicted octanol–water partition coefficient (Wildman–Crippen LogP) is 4.33. The molecule has 0 amide bonds. The molecule has 0 saturated heterocycles. The second-order valence-electron chi connectivity index (χ2n) is 4.60. The van der Waals surface area contributed by atoms with E-state index in [0.717, 1.165) is 16.7 Å². The number of Topliss-reactive ketones (excluding diaryl/α,β-unsaturated/α-hetero) is 1. The van der Waals surface area contributed by atoms with Crippen molar-refractivity contribution in [3.8, 4) is 11.1 Å². The van der Waals surface area contributed by atoms with Crippen LogP contribution in [0.15, 0.2) is 48.5 Å². The Kier molecular flexibility index (Phi) is 3.56. The zero-order chi connectivity index (χ0) is 13.1. The van der Waals surface area contributed by atoms with Crippen molar-refractivity contribution in [2.75, 3.05) is 0 Å². The third-order valence-electron chi connectivity index (χ3n) is 2.87. The van der Waals surface area contributed by atoms with Crippen LogP contribution >= 0.6 is 0 Å². The average molecular weight is 242 g/mol. The largest absolute Gasteiger partial charge is 0.294 e. The summed E-state index contributed by atoms with van der Waals surface area (Å²) in [6.45, 7) is 3.77. The zero-order valence-electron chi connectivity index (χ0n) is 10.5. The number of carbonyl (C=O) groups excluding carboxylic acids is 1. The van der Waals surface area contributed by atoms with Crippen LogP contribution in [0, 0.1) is 11.7 Å². The molecule has 0 atom stereocenters. The van der Waals surface area contributed by atoms with Gasteiger partial charge in [-0.25, -0.2) is 4.39 Å². The van der Waals surface area contributed by atoms with Crippen molar-refractivity contribution in [1.82, 2.24) is 0 Å². The number of ketones is 1. The van der Waals surface area contributed by atoms with E-state index >= 15 is 0 Å². The first-order valence-corrected chi connectivity index (χ1v) is 5.98. The van der Waals surface area contributed by atoms with E-state index in [9.17, 15) is 9.18 Å². The lowest BCUT2D eigenvalue weighted by atomic mass is 9.98. The molecule has 2 aromatic rings. The lowest BCUT2D eigenvalue weighted by Gasteiger charge is -2.06. The third kappa shape index (κ3) is 2.65. The summed E-state index contributed by atoms with van der Waals surface area (Å²) in [5, 5.41) is 0. The van der Waals surface area contributed by atoms with E-state index in [2.05, 4.69) is 0 Å². The van der Waals surface area contributed by atoms with Gasteiger partial charge >= 0.3 is 0 Å². The smallest absolute Gasteiger partial charge is 0.165 e. The molecule has 18 heavy (non-hydrogen) atoms. The van der Waals surface area contributed by atoms with E-state index in [1.54, 1.807) is 12.1 Å². The molecule has 1 nitrogen and oxygen atoms in total. The highest BCUT2D eigenvalue weighted by molar-refractivity contribution is 5.97. The molecule has 0 bridgehead atoms. The zero-order valence-corrected chi connectivity index (χ0v) is 10.5. The molecule has 0 aliphatic carbocycles. The maximum atomic E-state index is 12.8. The minimum atomic E-state index is -0.245. The Morgan fingerprint density at radius 1 is 0.889 bits per heavy atom. The molecule has 2 heteroatoms. The number of hydrogen-bond acceptors (Lipinski definition) is 1. The molecule has 0 aliphatic heterocycles. The topological polar surface area (TPSA) is 17.1 Å². The van der Waals surface area contributed by atoms with E-state index in [0.29, 0.717) is 0 Å². The third-order valence-corrected chi connectivity index (χ3v) is 2.87. The Balaban J connectivity index is 2.27. The predicted molar refractivity (Wildman–Crippen MR) is 71.0 cm³/mol. The molecular weight excluding hydrogens is 227 g/mol. The van der Waals surface area contributed by atoms with Gasteiger partial charge in [-0.3, -0.25) is 4.79 Å². The lowest BCUT2D eigenvalue weighted by molar-refractivity contribution is 0.0939. The molecule has 0 saturated carbocycles. The summed E-state index contributed by atoms with van der Waals surface area (Å²) in [4.78, 5) is 11.8. The van der Waals surface area contributed by atoms with Crippen molar-refractivity contribution in [1.29, 1.82) is 0 Å². The Morgan fingerprint density at radius 3 is 1.78 bits per heavy atom. The molecule has 2 aromatic carbocycles. The van der Waals surface area contributed by atoms with Crippen LogP contribution in [0.4, 0.5) is 4.39 Å². The first-order valence-electron chi connectivity index (χ1n) is 5.98. The number of rotatable bonds is 3. The monoisotopic (exact) mass is 242 g/mol. The van der Waals surface area contributed by atoms with Gasteiger partial charge in [0.05, 0.1) is 0 Å². The number of benzene rings is 2. The average Bonchev–Trinajstić information content (AvgIpc) is 2.39. The van der Waals surface area contributed by atoms with Gasteiger partial charge in [0.15, 0.2) is 5.78 Å². The Hall–Kier alpha value is -1.96. The van der Waals surface area contributed by atoms with Crippen LogP contribution in [0.25, 0.3) is 11.1 Å². The Morgan fingerprint density at radius 2 is 1.33 bits per heavy atom. The summed E-state index contributed by atoms with van der Waals surface area (Å²) in [5.74, 6) is -0.104. The van der Waals surface area contributed by atoms with E-state index in [-0.39, 0.29) is 17.5 Å². The first kappa shape index (κ1) is 12.5. The number of carbonyl (C=O) groups is 1. The second kappa shape index (κ2) is 5.13. The van der Waals surface area contributed by atoms with Gasteiger partial charge in [-0.1, -0.05) is 50.2 Å². The van der Waals surface area contributed by atoms with Crippen molar-refractivity contribution in [3.63, 3.8) is 0 Å². The normalized spacial score (nSPS) is 10.7. The summed E-state index contributed by atoms with van der Waals surface area (Å²) >= 11 is 0. The van der Waals surface area contributed by atoms with Crippen molar-refractivity contribution >= 4 is 5.78 Å². The molecule has 0 radical (unpaired) electrons. The van der Waals surface area contributed by atoms with Gasteiger partial charge in [-0.2, -0.15) is 0 Å². The van der Waals surface area contributed by atoms with Crippen LogP contribution in [-0.2, 0) is 0 Å². The van der Waals surface area contributed by atoms with Gasteiger partial charge in [-0.15, -0.1) is 0 Å². The molecular formula is C16H15FO. The maximum Gasteiger partial charge on any atom is 0.165 e. The van der Waals surface area contributed by atoms with E-state index in [4.69, 9.17) is 0 Å². The van der Waals surface area contributed by atoms with Gasteiger partial charge in [0.25, 0.3) is 0 Å². The number of hydrogen-bond donors (Lipinski definition) is 0. The molecule has 0 unspecified atom stereocenters. The fourth-order valence-electron chi connectivity index (χ4n) is 1.80. The first-order chi connectivity index (χ1) is 8.58. The molecule has 0 aliphatic rings. The van der Waals surface area contributed by atoms with E-state index in [1.807, 2.05) is 38.1 Å². The molecule has 0 spiro atoms. The Labute approximate surface area is 106 Å². The Bertz CT molecular complexity index is 538. The van der Waals surface area contributed by atoms with Crippen LogP contribution in [0.5, 0.6) is 0 Å². The van der Waals surface area contributed by atoms with Crippen LogP contribution < -0.4 is 0 Å². The molecule has 0 heterocycles. The fraction of sp³-hybridized carbons (Fsp3) is 0.188. The molecule has 0 fully saturated rings. The van der Waals surface area contributed by atoms with E-state index in [1.165, 1.54) is 12.1 Å². The van der Waals surface area contributed by atoms with Gasteiger partial charge in [0.2, 0.25) is 0 Å². The fourth-order valence-corrected chi connectivity index (χ4v) is 1.80. The minimum absolute atomic E-state index is 0.00155. The highest BCUT2D eigenvalue weighted by atomic mass is 19.1. The summed E-state index contributed by atoms with van der Waals surface area (Å²) in [6.07, 6.45) is 0. The SMILES string of the molecule is CC(C)C(=O)c1ccc(-c2ccc(F)cc2)cc1. The molecule has 2 rings (SSSR count). The minimum Gasteiger partial charge on any atom is -0.294 e. The molecule has 0 N–H and O–H groups in total. The van der Waals surface area contributed by atoms with Gasteiger partial charge in [0.1, 0.15) is 5.82 Å². The lowest BCUT2D eigenvalue weighted by Crippen LogP contribution is -2.06. The van der Waals surface area contributed by atoms with Crippen molar-refractivity contribution in [2.24, 2.45) is 5.92 Å². The standard InChI is InChI=1S/C16H15FO/c1-11(2)16(18)14-5-3-12(4-6-14)13-7-9-15(17)10-8-13/h3-11H,1-2H3. The summed E-state index contributed by atoms with van der Waals surface area (Å²) in [7, 11) is 0. The van der Waals surface area contributed by atoms with Crippen LogP contribution in [-0.4, -0.2) is 5.78 Å². The van der Waals surface area contributed by atoms with Crippen LogP contribution in [0.3, 0.4) is 0 Å². The van der Waals surface area contributed by atoms with Gasteiger partial charge < -0.3 is 0 Å². The molecule has 92 valence electrons. The summed E-state index contributed by atoms with van der Waals surface area (Å²) in [6, 6.07) is 13.8. The summed E-state index contributed by atoms with van der Waals surface area (Å²) < 4.78 is 12.8. The van der Waals surface area contributed by atoms with Crippen LogP contribution in [0.2, 0.25) is 0 Å². The van der Waals surface area contributed by atoms with Crippen LogP contribution in [0.1, 0.15) is 24.2 Å². The summed E-state index contributed by atoms with van der Waals surface area (Å²) in [5.41, 5.74) is 2.64. The van der Waals surface area contributed by atoms with Crippen molar-refractivity contribution in [3.05, 3.63) is 59.9 Å². The molecule has 0 aromatic heterocycles. The van der Waals surface area contributed by atoms with Crippen molar-refractivity contribution in [2.45, 2.75) is 13.8 Å². The quantitative estimate of drug-likeness (QED) is 0.732. The van der Waals surface area contributed by atoms with Gasteiger partial charge in [-0.05, 0) is 23.3 Å². The highest BCUT2D eigenvalue weighted by Crippen LogP contribution is 2.21. The maximum absolute atomic E-state index is 12.8. The van der Waals surface area contributed by atoms with Gasteiger partial charge in [0, 0.05) is 11.5 Å². The number of halogens is 1.